The number of carbonyl (C=O) groups excluding carboxylic acids is 1. The zero-order valence-corrected chi connectivity index (χ0v) is 14.4. The van der Waals surface area contributed by atoms with Crippen LogP contribution in [0.5, 0.6) is 11.5 Å². The minimum Gasteiger partial charge on any atom is -0.454 e. The maximum atomic E-state index is 12.2. The highest BCUT2D eigenvalue weighted by molar-refractivity contribution is 5.91. The molecule has 0 saturated heterocycles. The second-order valence-corrected chi connectivity index (χ2v) is 6.89. The molecule has 128 valence electrons. The molecule has 1 amide bonds. The summed E-state index contributed by atoms with van der Waals surface area (Å²) in [5.41, 5.74) is 1.39. The summed E-state index contributed by atoms with van der Waals surface area (Å²) in [6.07, 6.45) is 0.847. The molecule has 6 heteroatoms. The third kappa shape index (κ3) is 3.53. The Bertz CT molecular complexity index is 759. The first kappa shape index (κ1) is 16.4. The number of oxazole rings is 1. The van der Waals surface area contributed by atoms with E-state index in [4.69, 9.17) is 13.9 Å². The summed E-state index contributed by atoms with van der Waals surface area (Å²) >= 11 is 0. The molecule has 0 radical (unpaired) electrons. The fourth-order valence-corrected chi connectivity index (χ4v) is 2.41. The number of ether oxygens (including phenoxy) is 2. The third-order valence-electron chi connectivity index (χ3n) is 3.77. The number of amides is 1. The van der Waals surface area contributed by atoms with Crippen molar-refractivity contribution in [3.8, 4) is 11.5 Å². The van der Waals surface area contributed by atoms with Gasteiger partial charge in [0, 0.05) is 30.0 Å². The van der Waals surface area contributed by atoms with Crippen LogP contribution in [0, 0.1) is 6.92 Å². The Morgan fingerprint density at radius 1 is 1.25 bits per heavy atom. The van der Waals surface area contributed by atoms with E-state index in [0.29, 0.717) is 35.9 Å². The van der Waals surface area contributed by atoms with Crippen molar-refractivity contribution in [3.05, 3.63) is 35.5 Å². The molecule has 0 saturated carbocycles. The molecule has 1 aliphatic rings. The lowest BCUT2D eigenvalue weighted by Crippen LogP contribution is -2.12. The number of rotatable bonds is 4. The lowest BCUT2D eigenvalue weighted by molar-refractivity contribution is -0.116. The summed E-state index contributed by atoms with van der Waals surface area (Å²) in [5, 5.41) is 2.86. The van der Waals surface area contributed by atoms with Gasteiger partial charge in [0.25, 0.3) is 0 Å². The van der Waals surface area contributed by atoms with E-state index in [-0.39, 0.29) is 18.1 Å². The van der Waals surface area contributed by atoms with Crippen molar-refractivity contribution in [1.82, 2.24) is 4.98 Å². The molecule has 0 bridgehead atoms. The Kier molecular flexibility index (Phi) is 4.22. The Hall–Kier alpha value is -2.50. The average molecular weight is 330 g/mol. The van der Waals surface area contributed by atoms with Crippen molar-refractivity contribution >= 4 is 11.6 Å². The minimum atomic E-state index is -0.141. The molecule has 2 heterocycles. The Morgan fingerprint density at radius 2 is 2.00 bits per heavy atom. The number of aromatic nitrogens is 1. The summed E-state index contributed by atoms with van der Waals surface area (Å²) in [6, 6.07) is 5.34. The van der Waals surface area contributed by atoms with Crippen molar-refractivity contribution in [1.29, 1.82) is 0 Å². The van der Waals surface area contributed by atoms with Gasteiger partial charge in [0.2, 0.25) is 12.7 Å². The lowest BCUT2D eigenvalue weighted by Gasteiger charge is -2.12. The molecule has 2 aromatic rings. The van der Waals surface area contributed by atoms with Crippen LogP contribution in [0.4, 0.5) is 5.69 Å². The molecule has 6 nitrogen and oxygen atoms in total. The van der Waals surface area contributed by atoms with E-state index < -0.39 is 0 Å². The van der Waals surface area contributed by atoms with Crippen LogP contribution in [0.1, 0.15) is 44.5 Å². The Labute approximate surface area is 141 Å². The lowest BCUT2D eigenvalue weighted by atomic mass is 9.97. The predicted molar refractivity (Wildman–Crippen MR) is 89.5 cm³/mol. The van der Waals surface area contributed by atoms with Gasteiger partial charge in [-0.3, -0.25) is 4.79 Å². The van der Waals surface area contributed by atoms with Crippen molar-refractivity contribution in [2.24, 2.45) is 0 Å². The quantitative estimate of drug-likeness (QED) is 0.927. The van der Waals surface area contributed by atoms with E-state index >= 15 is 0 Å². The highest BCUT2D eigenvalue weighted by Gasteiger charge is 2.22. The largest absolute Gasteiger partial charge is 0.454 e. The third-order valence-corrected chi connectivity index (χ3v) is 3.77. The normalized spacial score (nSPS) is 13.2. The summed E-state index contributed by atoms with van der Waals surface area (Å²) in [7, 11) is 0. The van der Waals surface area contributed by atoms with Crippen LogP contribution >= 0.6 is 0 Å². The van der Waals surface area contributed by atoms with Gasteiger partial charge in [-0.15, -0.1) is 0 Å². The zero-order chi connectivity index (χ0) is 17.3. The number of carbonyl (C=O) groups is 1. The first-order valence-electron chi connectivity index (χ1n) is 7.99. The number of nitrogens with zero attached hydrogens (tertiary/aromatic N) is 1. The van der Waals surface area contributed by atoms with Crippen LogP contribution < -0.4 is 14.8 Å². The number of hydrogen-bond donors (Lipinski definition) is 1. The van der Waals surface area contributed by atoms with Crippen LogP contribution in [-0.2, 0) is 16.6 Å². The Balaban J connectivity index is 1.59. The average Bonchev–Trinajstić information content (AvgIpc) is 3.10. The van der Waals surface area contributed by atoms with Gasteiger partial charge in [-0.2, -0.15) is 0 Å². The fourth-order valence-electron chi connectivity index (χ4n) is 2.41. The molecule has 3 rings (SSSR count). The first-order valence-corrected chi connectivity index (χ1v) is 7.99. The number of hydrogen-bond acceptors (Lipinski definition) is 5. The number of aryl methyl sites for hydroxylation is 2. The van der Waals surface area contributed by atoms with Crippen LogP contribution in [0.25, 0.3) is 0 Å². The van der Waals surface area contributed by atoms with Gasteiger partial charge in [0.15, 0.2) is 17.4 Å². The maximum absolute atomic E-state index is 12.2. The molecule has 0 spiro atoms. The van der Waals surface area contributed by atoms with Crippen molar-refractivity contribution in [2.45, 2.75) is 46.0 Å². The number of fused-ring (bicyclic) bond motifs is 1. The van der Waals surface area contributed by atoms with E-state index in [1.54, 1.807) is 18.2 Å². The SMILES string of the molecule is Cc1nc(C(C)(C)C)oc1CCC(=O)Nc1ccc2c(c1)OCO2. The molecule has 24 heavy (non-hydrogen) atoms. The van der Waals surface area contributed by atoms with E-state index in [2.05, 4.69) is 10.3 Å². The number of benzene rings is 1. The van der Waals surface area contributed by atoms with Gasteiger partial charge in [0.1, 0.15) is 5.76 Å². The fraction of sp³-hybridized carbons (Fsp3) is 0.444. The van der Waals surface area contributed by atoms with E-state index in [9.17, 15) is 4.79 Å². The summed E-state index contributed by atoms with van der Waals surface area (Å²) < 4.78 is 16.4. The first-order chi connectivity index (χ1) is 11.3. The molecule has 0 unspecified atom stereocenters. The van der Waals surface area contributed by atoms with Crippen LogP contribution in [0.2, 0.25) is 0 Å². The van der Waals surface area contributed by atoms with Crippen molar-refractivity contribution in [2.75, 3.05) is 12.1 Å². The highest BCUT2D eigenvalue weighted by Crippen LogP contribution is 2.34. The van der Waals surface area contributed by atoms with E-state index in [0.717, 1.165) is 11.5 Å². The molecular formula is C18H22N2O4. The molecule has 1 N–H and O–H groups in total. The molecule has 0 fully saturated rings. The molecule has 1 aliphatic heterocycles. The van der Waals surface area contributed by atoms with Crippen LogP contribution in [-0.4, -0.2) is 17.7 Å². The van der Waals surface area contributed by atoms with Gasteiger partial charge >= 0.3 is 0 Å². The molecular weight excluding hydrogens is 308 g/mol. The highest BCUT2D eigenvalue weighted by atomic mass is 16.7. The molecule has 0 atom stereocenters. The molecule has 1 aromatic heterocycles. The van der Waals surface area contributed by atoms with Gasteiger partial charge in [-0.05, 0) is 19.1 Å². The van der Waals surface area contributed by atoms with Gasteiger partial charge in [0.05, 0.1) is 5.69 Å². The van der Waals surface area contributed by atoms with Crippen LogP contribution in [0.15, 0.2) is 22.6 Å². The van der Waals surface area contributed by atoms with Gasteiger partial charge in [-0.1, -0.05) is 20.8 Å². The van der Waals surface area contributed by atoms with Gasteiger partial charge in [-0.25, -0.2) is 4.98 Å². The van der Waals surface area contributed by atoms with E-state index in [1.165, 1.54) is 0 Å². The summed E-state index contributed by atoms with van der Waals surface area (Å²) in [4.78, 5) is 16.6. The summed E-state index contributed by atoms with van der Waals surface area (Å²) in [5.74, 6) is 2.72. The zero-order valence-electron chi connectivity index (χ0n) is 14.4. The number of anilines is 1. The minimum absolute atomic E-state index is 0.0815. The summed E-state index contributed by atoms with van der Waals surface area (Å²) in [6.45, 7) is 8.27. The predicted octanol–water partition coefficient (Wildman–Crippen LogP) is 3.58. The van der Waals surface area contributed by atoms with Crippen molar-refractivity contribution in [3.63, 3.8) is 0 Å². The number of nitrogens with one attached hydrogen (secondary N) is 1. The van der Waals surface area contributed by atoms with Gasteiger partial charge < -0.3 is 19.2 Å². The second-order valence-electron chi connectivity index (χ2n) is 6.89. The second kappa shape index (κ2) is 6.19. The topological polar surface area (TPSA) is 73.6 Å². The Morgan fingerprint density at radius 3 is 2.71 bits per heavy atom. The molecule has 1 aromatic carbocycles. The standard InChI is InChI=1S/C18H22N2O4/c1-11-13(24-17(19-11)18(2,3)4)7-8-16(21)20-12-5-6-14-15(9-12)23-10-22-14/h5-6,9H,7-8,10H2,1-4H3,(H,20,21). The smallest absolute Gasteiger partial charge is 0.231 e. The van der Waals surface area contributed by atoms with Crippen molar-refractivity contribution < 1.29 is 18.7 Å². The van der Waals surface area contributed by atoms with E-state index in [1.807, 2.05) is 27.7 Å². The van der Waals surface area contributed by atoms with Crippen LogP contribution in [0.3, 0.4) is 0 Å². The maximum Gasteiger partial charge on any atom is 0.231 e. The molecule has 0 aliphatic carbocycles. The monoisotopic (exact) mass is 330 g/mol.